The zero-order chi connectivity index (χ0) is 55.0. The first-order chi connectivity index (χ1) is 37.1. The van der Waals surface area contributed by atoms with E-state index in [9.17, 15) is 5.48 Å². The Morgan fingerprint density at radius 3 is 1.99 bits per heavy atom. The van der Waals surface area contributed by atoms with Crippen LogP contribution < -0.4 is 9.30 Å². The summed E-state index contributed by atoms with van der Waals surface area (Å²) in [6, 6.07) is 37.1. The van der Waals surface area contributed by atoms with Crippen molar-refractivity contribution in [1.29, 1.82) is 0 Å². The van der Waals surface area contributed by atoms with E-state index >= 15 is 0 Å². The van der Waals surface area contributed by atoms with E-state index in [1.807, 2.05) is 97.0 Å². The summed E-state index contributed by atoms with van der Waals surface area (Å²) >= 11 is 1.78. The lowest BCUT2D eigenvalue weighted by Crippen LogP contribution is -2.31. The maximum absolute atomic E-state index is 9.28. The molecule has 0 saturated carbocycles. The van der Waals surface area contributed by atoms with Crippen molar-refractivity contribution < 1.29 is 23.0 Å². The minimum Gasteiger partial charge on any atom is -0.457 e. The number of fused-ring (bicyclic) bond motifs is 8. The Morgan fingerprint density at radius 1 is 0.574 bits per heavy atom. The standard InChI is InChI=1S/C62H51N4OS/c1-61(2,3)42-32-33-63-57(36-42)66-54-38-46(28-29-47(54)48-30-31-56-58(60(48)66)49-24-13-16-27-55(49)68-56)67-45-23-17-22-44(37-45)64-39-65(53-26-15-14-25-52(53)64)59-50(40-18-9-7-10-19-40)34-43(62(4,5)6)35-51(59)41-20-11-8-12-21-41/h7-39H,1-6H3/q+1/i7D,8D,9D,10D,11D,12D,18D,19D,20D,21D. The van der Waals surface area contributed by atoms with Gasteiger partial charge in [0.25, 0.3) is 6.33 Å². The van der Waals surface area contributed by atoms with E-state index in [-0.39, 0.29) is 33.4 Å². The molecule has 330 valence electrons. The highest BCUT2D eigenvalue weighted by molar-refractivity contribution is 7.26. The topological polar surface area (TPSA) is 35.9 Å². The highest BCUT2D eigenvalue weighted by atomic mass is 32.1. The molecule has 0 fully saturated rings. The highest BCUT2D eigenvalue weighted by Gasteiger charge is 2.28. The fraction of sp³-hybridized carbons (Fsp3) is 0.129. The first-order valence-corrected chi connectivity index (χ1v) is 23.4. The minimum absolute atomic E-state index is 0.0998. The Kier molecular flexibility index (Phi) is 7.50. The maximum Gasteiger partial charge on any atom is 0.255 e. The van der Waals surface area contributed by atoms with Crippen LogP contribution in [-0.2, 0) is 10.8 Å². The number of rotatable bonds is 7. The molecule has 0 bridgehead atoms. The second-order valence-electron chi connectivity index (χ2n) is 19.2. The predicted molar refractivity (Wildman–Crippen MR) is 285 cm³/mol. The van der Waals surface area contributed by atoms with Crippen LogP contribution >= 0.6 is 11.3 Å². The van der Waals surface area contributed by atoms with Crippen molar-refractivity contribution in [2.75, 3.05) is 0 Å². The number of hydrogen-bond donors (Lipinski definition) is 0. The van der Waals surface area contributed by atoms with Gasteiger partial charge in [-0.3, -0.25) is 4.57 Å². The molecule has 0 aliphatic heterocycles. The number of imidazole rings is 1. The van der Waals surface area contributed by atoms with Gasteiger partial charge in [0.1, 0.15) is 28.7 Å². The van der Waals surface area contributed by atoms with Crippen LogP contribution in [0, 0.1) is 0 Å². The Balaban J connectivity index is 1.06. The molecule has 0 radical (unpaired) electrons. The monoisotopic (exact) mass is 909 g/mol. The van der Waals surface area contributed by atoms with Crippen LogP contribution in [-0.4, -0.2) is 14.1 Å². The summed E-state index contributed by atoms with van der Waals surface area (Å²) in [5.74, 6) is 1.93. The van der Waals surface area contributed by atoms with Gasteiger partial charge in [-0.1, -0.05) is 144 Å². The minimum atomic E-state index is -0.622. The largest absolute Gasteiger partial charge is 0.457 e. The molecule has 12 aromatic rings. The maximum atomic E-state index is 9.28. The van der Waals surface area contributed by atoms with Crippen LogP contribution in [0.2, 0.25) is 0 Å². The lowest BCUT2D eigenvalue weighted by Gasteiger charge is -2.23. The second-order valence-corrected chi connectivity index (χ2v) is 20.3. The Hall–Kier alpha value is -7.80. The van der Waals surface area contributed by atoms with Gasteiger partial charge in [-0.2, -0.15) is 9.13 Å². The van der Waals surface area contributed by atoms with Crippen molar-refractivity contribution in [2.45, 2.75) is 52.4 Å². The van der Waals surface area contributed by atoms with E-state index < -0.39 is 65.8 Å². The van der Waals surface area contributed by atoms with Crippen molar-refractivity contribution in [2.24, 2.45) is 0 Å². The van der Waals surface area contributed by atoms with Crippen LogP contribution in [0.1, 0.15) is 66.4 Å². The highest BCUT2D eigenvalue weighted by Crippen LogP contribution is 2.45. The molecule has 0 unspecified atom stereocenters. The average molecular weight is 910 g/mol. The molecule has 0 aliphatic carbocycles. The summed E-state index contributed by atoms with van der Waals surface area (Å²) in [5, 5.41) is 4.51. The number of benzene rings is 8. The zero-order valence-corrected chi connectivity index (χ0v) is 39.2. The van der Waals surface area contributed by atoms with E-state index in [1.54, 1.807) is 23.5 Å². The van der Waals surface area contributed by atoms with Gasteiger partial charge in [0, 0.05) is 60.4 Å². The normalized spacial score (nSPS) is 14.3. The molecular formula is C62H51N4OS+. The molecule has 6 heteroatoms. The number of aromatic nitrogens is 4. The van der Waals surface area contributed by atoms with Gasteiger partial charge in [-0.05, 0) is 106 Å². The van der Waals surface area contributed by atoms with Gasteiger partial charge >= 0.3 is 0 Å². The van der Waals surface area contributed by atoms with Crippen LogP contribution in [0.15, 0.2) is 200 Å². The van der Waals surface area contributed by atoms with Gasteiger partial charge in [0.15, 0.2) is 11.0 Å². The Labute approximate surface area is 414 Å². The molecule has 0 N–H and O–H groups in total. The number of hydrogen-bond acceptors (Lipinski definition) is 3. The van der Waals surface area contributed by atoms with Crippen molar-refractivity contribution in [3.05, 3.63) is 211 Å². The fourth-order valence-corrected chi connectivity index (χ4v) is 10.5. The quantitative estimate of drug-likeness (QED) is 0.149. The number of nitrogens with zero attached hydrogens (tertiary/aromatic N) is 4. The molecule has 0 spiro atoms. The summed E-state index contributed by atoms with van der Waals surface area (Å²) in [6.07, 6.45) is 3.69. The summed E-state index contributed by atoms with van der Waals surface area (Å²) < 4.78 is 104. The van der Waals surface area contributed by atoms with Crippen molar-refractivity contribution in [3.63, 3.8) is 0 Å². The Morgan fingerprint density at radius 2 is 1.25 bits per heavy atom. The SMILES string of the molecule is [2H]c1c([2H])c([2H])c(-c2cc(C(C)(C)C)cc(-c3c([2H])c([2H])c([2H])c([2H])c3[2H])c2-[n+]2cn(-c3cccc(Oc4ccc5c6ccc7sc8ccccc8c7c6n(-c6cc(C(C)(C)C)ccn6)c5c4)c3)c3ccccc32)c([2H])c1[2H]. The average Bonchev–Trinajstić information content (AvgIpc) is 4.24. The first-order valence-electron chi connectivity index (χ1n) is 27.6. The molecule has 68 heavy (non-hydrogen) atoms. The third-order valence-electron chi connectivity index (χ3n) is 12.8. The van der Waals surface area contributed by atoms with E-state index in [1.165, 1.54) is 20.2 Å². The Bertz CT molecular complexity index is 4380. The molecule has 0 aliphatic rings. The molecular weight excluding hydrogens is 849 g/mol. The molecule has 0 saturated heterocycles. The molecule has 8 aromatic carbocycles. The predicted octanol–water partition coefficient (Wildman–Crippen LogP) is 16.5. The fourth-order valence-electron chi connectivity index (χ4n) is 9.41. The van der Waals surface area contributed by atoms with Crippen molar-refractivity contribution in [1.82, 2.24) is 14.1 Å². The molecule has 4 heterocycles. The summed E-state index contributed by atoms with van der Waals surface area (Å²) in [6.45, 7) is 12.5. The van der Waals surface area contributed by atoms with Crippen LogP contribution in [0.25, 0.3) is 92.5 Å². The smallest absolute Gasteiger partial charge is 0.255 e. The number of ether oxygens (including phenoxy) is 1. The number of pyridine rings is 1. The lowest BCUT2D eigenvalue weighted by molar-refractivity contribution is -0.566. The summed E-state index contributed by atoms with van der Waals surface area (Å²) in [5.41, 5.74) is 5.55. The number of para-hydroxylation sites is 2. The molecule has 0 amide bonds. The second kappa shape index (κ2) is 15.9. The van der Waals surface area contributed by atoms with Crippen molar-refractivity contribution >= 4 is 64.3 Å². The molecule has 5 nitrogen and oxygen atoms in total. The van der Waals surface area contributed by atoms with Crippen molar-refractivity contribution in [3.8, 4) is 50.9 Å². The van der Waals surface area contributed by atoms with Gasteiger partial charge in [-0.25, -0.2) is 4.98 Å². The molecule has 0 atom stereocenters. The van der Waals surface area contributed by atoms with Crippen LogP contribution in [0.3, 0.4) is 0 Å². The zero-order valence-electron chi connectivity index (χ0n) is 48.4. The molecule has 4 aromatic heterocycles. The van der Waals surface area contributed by atoms with E-state index in [0.29, 0.717) is 33.8 Å². The summed E-state index contributed by atoms with van der Waals surface area (Å²) in [7, 11) is 0. The van der Waals surface area contributed by atoms with E-state index in [0.717, 1.165) is 33.2 Å². The van der Waals surface area contributed by atoms with E-state index in [4.69, 9.17) is 17.9 Å². The first kappa shape index (κ1) is 32.0. The third-order valence-corrected chi connectivity index (χ3v) is 13.9. The van der Waals surface area contributed by atoms with Gasteiger partial charge in [0.2, 0.25) is 0 Å². The number of thiophene rings is 1. The van der Waals surface area contributed by atoms with Crippen LogP contribution in [0.4, 0.5) is 0 Å². The molecule has 12 rings (SSSR count). The van der Waals surface area contributed by atoms with E-state index in [2.05, 4.69) is 86.0 Å². The summed E-state index contributed by atoms with van der Waals surface area (Å²) in [4.78, 5) is 5.01. The lowest BCUT2D eigenvalue weighted by atomic mass is 9.82. The van der Waals surface area contributed by atoms with Gasteiger partial charge in [0.05, 0.1) is 24.7 Å². The third kappa shape index (κ3) is 7.06. The van der Waals surface area contributed by atoms with Gasteiger partial charge < -0.3 is 4.74 Å². The van der Waals surface area contributed by atoms with Gasteiger partial charge in [-0.15, -0.1) is 11.3 Å². The van der Waals surface area contributed by atoms with Crippen LogP contribution in [0.5, 0.6) is 11.5 Å².